The van der Waals surface area contributed by atoms with Gasteiger partial charge in [0.25, 0.3) is 0 Å². The molecule has 0 aromatic rings. The standard InChI is InChI=1S/C46H80O12/c1-8-33-15-12-10-11-13-17-37(49)30(4)38(50)25-35(55-7)26-39(51)31(5)45(54)34(9-2)19-21-44(53)56-43-28-46(57-41(20-18-33)36(43)16-14-24-47)23-22-29(3)42(58-46)27-40(52)32(6)48/h10-12,15,19,21,29-43,45,47-52,54H,8-9,13-14,16-18,20,22-28H2,1-7H3/b11-10+,15-12+,21-19+/t29-,30+,31-,32-,33-,34-,35+,36+,37+,38-,39+,40-,41+,42+,43+,45+,46+/m0/s1. The number of methoxy groups -OCH3 is 1. The number of esters is 1. The van der Waals surface area contributed by atoms with E-state index in [1.807, 2.05) is 32.1 Å². The van der Waals surface area contributed by atoms with Crippen LogP contribution in [-0.2, 0) is 23.7 Å². The van der Waals surface area contributed by atoms with Crippen molar-refractivity contribution < 1.29 is 59.5 Å². The van der Waals surface area contributed by atoms with Gasteiger partial charge in [0.2, 0.25) is 0 Å². The Kier molecular flexibility index (Phi) is 22.1. The van der Waals surface area contributed by atoms with E-state index in [2.05, 4.69) is 19.9 Å². The van der Waals surface area contributed by atoms with E-state index >= 15 is 0 Å². The Morgan fingerprint density at radius 3 is 2.22 bits per heavy atom. The van der Waals surface area contributed by atoms with Crippen molar-refractivity contribution >= 4 is 5.97 Å². The van der Waals surface area contributed by atoms with Crippen LogP contribution in [-0.4, -0.2) is 122 Å². The molecule has 7 N–H and O–H groups in total. The van der Waals surface area contributed by atoms with Crippen LogP contribution < -0.4 is 0 Å². The number of allylic oxidation sites excluding steroid dienone is 4. The summed E-state index contributed by atoms with van der Waals surface area (Å²) in [6.07, 6.45) is 11.3. The second-order valence-electron chi connectivity index (χ2n) is 17.8. The monoisotopic (exact) mass is 825 g/mol. The maximum atomic E-state index is 13.7. The van der Waals surface area contributed by atoms with Crippen molar-refractivity contribution in [3.05, 3.63) is 36.5 Å². The Labute approximate surface area is 348 Å². The smallest absolute Gasteiger partial charge is 0.330 e. The normalized spacial score (nSPS) is 42.2. The zero-order valence-electron chi connectivity index (χ0n) is 36.5. The summed E-state index contributed by atoms with van der Waals surface area (Å²) in [4.78, 5) is 13.7. The van der Waals surface area contributed by atoms with Crippen molar-refractivity contribution in [1.82, 2.24) is 0 Å². The molecule has 0 aromatic heterocycles. The topological polar surface area (TPSA) is 196 Å². The van der Waals surface area contributed by atoms with E-state index in [0.717, 1.165) is 19.3 Å². The molecule has 336 valence electrons. The lowest BCUT2D eigenvalue weighted by Crippen LogP contribution is -2.58. The lowest BCUT2D eigenvalue weighted by Gasteiger charge is -2.52. The Morgan fingerprint density at radius 1 is 0.879 bits per heavy atom. The van der Waals surface area contributed by atoms with Gasteiger partial charge < -0.3 is 54.7 Å². The zero-order valence-corrected chi connectivity index (χ0v) is 36.5. The first-order valence-corrected chi connectivity index (χ1v) is 22.4. The van der Waals surface area contributed by atoms with Gasteiger partial charge in [-0.15, -0.1) is 0 Å². The summed E-state index contributed by atoms with van der Waals surface area (Å²) in [5.41, 5.74) is 0. The second-order valence-corrected chi connectivity index (χ2v) is 17.8. The number of carbonyl (C=O) groups excluding carboxylic acids is 1. The number of hydrogen-bond donors (Lipinski definition) is 7. The Hall–Kier alpha value is -1.71. The average Bonchev–Trinajstić information content (AvgIpc) is 3.19. The maximum Gasteiger partial charge on any atom is 0.330 e. The van der Waals surface area contributed by atoms with Crippen LogP contribution in [0.3, 0.4) is 0 Å². The molecule has 3 rings (SSSR count). The highest BCUT2D eigenvalue weighted by Gasteiger charge is 2.52. The fourth-order valence-electron chi connectivity index (χ4n) is 9.00. The van der Waals surface area contributed by atoms with Crippen LogP contribution in [0.25, 0.3) is 0 Å². The van der Waals surface area contributed by atoms with Crippen molar-refractivity contribution in [2.45, 2.75) is 198 Å². The van der Waals surface area contributed by atoms with Crippen molar-refractivity contribution in [2.24, 2.45) is 35.5 Å². The molecule has 0 radical (unpaired) electrons. The van der Waals surface area contributed by atoms with Gasteiger partial charge in [-0.1, -0.05) is 65.0 Å². The van der Waals surface area contributed by atoms with E-state index in [4.69, 9.17) is 18.9 Å². The van der Waals surface area contributed by atoms with E-state index in [1.54, 1.807) is 19.9 Å². The molecule has 58 heavy (non-hydrogen) atoms. The minimum atomic E-state index is -1.07. The fraction of sp³-hybridized carbons (Fsp3) is 0.848. The van der Waals surface area contributed by atoms with Gasteiger partial charge in [-0.25, -0.2) is 4.79 Å². The van der Waals surface area contributed by atoms with Crippen LogP contribution in [0, 0.1) is 35.5 Å². The van der Waals surface area contributed by atoms with Crippen LogP contribution >= 0.6 is 0 Å². The predicted octanol–water partition coefficient (Wildman–Crippen LogP) is 5.53. The minimum absolute atomic E-state index is 0.0172. The molecule has 12 heteroatoms. The van der Waals surface area contributed by atoms with Gasteiger partial charge in [-0.3, -0.25) is 0 Å². The molecular weight excluding hydrogens is 744 g/mol. The number of fused-ring (bicyclic) bond motifs is 2. The van der Waals surface area contributed by atoms with Crippen LogP contribution in [0.4, 0.5) is 0 Å². The molecule has 2 saturated heterocycles. The zero-order chi connectivity index (χ0) is 43.0. The summed E-state index contributed by atoms with van der Waals surface area (Å²) >= 11 is 0. The van der Waals surface area contributed by atoms with E-state index < -0.39 is 78.3 Å². The lowest BCUT2D eigenvalue weighted by atomic mass is 9.78. The van der Waals surface area contributed by atoms with Crippen molar-refractivity contribution in [3.63, 3.8) is 0 Å². The van der Waals surface area contributed by atoms with E-state index in [-0.39, 0.29) is 62.3 Å². The van der Waals surface area contributed by atoms with E-state index in [0.29, 0.717) is 44.9 Å². The van der Waals surface area contributed by atoms with Crippen molar-refractivity contribution in [2.75, 3.05) is 13.7 Å². The highest BCUT2D eigenvalue weighted by molar-refractivity contribution is 5.82. The van der Waals surface area contributed by atoms with Gasteiger partial charge in [0.1, 0.15) is 6.10 Å². The van der Waals surface area contributed by atoms with Crippen LogP contribution in [0.5, 0.6) is 0 Å². The minimum Gasteiger partial charge on any atom is -0.459 e. The number of rotatable bonds is 9. The van der Waals surface area contributed by atoms with Crippen molar-refractivity contribution in [3.8, 4) is 0 Å². The third-order valence-corrected chi connectivity index (χ3v) is 13.5. The van der Waals surface area contributed by atoms with Crippen LogP contribution in [0.2, 0.25) is 0 Å². The molecule has 12 nitrogen and oxygen atoms in total. The van der Waals surface area contributed by atoms with Gasteiger partial charge in [0, 0.05) is 62.7 Å². The lowest BCUT2D eigenvalue weighted by molar-refractivity contribution is -0.350. The predicted molar refractivity (Wildman–Crippen MR) is 223 cm³/mol. The highest BCUT2D eigenvalue weighted by atomic mass is 16.7. The molecule has 3 aliphatic heterocycles. The molecular formula is C46H80O12. The summed E-state index contributed by atoms with van der Waals surface area (Å²) in [5, 5.41) is 75.2. The summed E-state index contributed by atoms with van der Waals surface area (Å²) in [5.74, 6) is -2.96. The van der Waals surface area contributed by atoms with Gasteiger partial charge in [0.15, 0.2) is 5.79 Å². The summed E-state index contributed by atoms with van der Waals surface area (Å²) in [6, 6.07) is 0. The number of ether oxygens (including phenoxy) is 4. The Bertz CT molecular complexity index is 1260. The molecule has 0 saturated carbocycles. The fourth-order valence-corrected chi connectivity index (χ4v) is 9.00. The third kappa shape index (κ3) is 15.3. The summed E-state index contributed by atoms with van der Waals surface area (Å²) < 4.78 is 25.7. The van der Waals surface area contributed by atoms with Crippen LogP contribution in [0.15, 0.2) is 36.5 Å². The summed E-state index contributed by atoms with van der Waals surface area (Å²) in [7, 11) is 1.52. The molecule has 2 fully saturated rings. The highest BCUT2D eigenvalue weighted by Crippen LogP contribution is 2.47. The van der Waals surface area contributed by atoms with Gasteiger partial charge in [-0.2, -0.15) is 0 Å². The van der Waals surface area contributed by atoms with Gasteiger partial charge in [-0.05, 0) is 89.4 Å². The molecule has 0 amide bonds. The van der Waals surface area contributed by atoms with Gasteiger partial charge in [0.05, 0.1) is 54.9 Å². The van der Waals surface area contributed by atoms with Gasteiger partial charge >= 0.3 is 5.97 Å². The molecule has 0 unspecified atom stereocenters. The first kappa shape index (κ1) is 50.6. The maximum absolute atomic E-state index is 13.7. The molecule has 3 heterocycles. The SMILES string of the molecule is CC[C@H]1/C=C/C=C/CC[C@@H](O)[C@@H](C)[C@@H](O)C[C@@H](OC)C[C@@H](O)[C@H](C)[C@@H](O)[C@@H](CC)/C=C/C(=O)O[C@@H]2C[C@]3(CC[C@H](C)[C@@H](C[C@H](O)[C@H](C)O)O3)O[C@H](CC1)[C@H]2CCCO. The van der Waals surface area contributed by atoms with E-state index in [1.165, 1.54) is 13.2 Å². The average molecular weight is 825 g/mol. The number of aliphatic hydroxyl groups is 7. The first-order valence-electron chi connectivity index (χ1n) is 22.4. The molecule has 3 aliphatic rings. The second kappa shape index (κ2) is 25.3. The quantitative estimate of drug-likeness (QED) is 0.144. The Balaban J connectivity index is 1.99. The number of carbonyl (C=O) groups is 1. The first-order chi connectivity index (χ1) is 27.6. The number of aliphatic hydroxyl groups excluding tert-OH is 7. The molecule has 0 aliphatic carbocycles. The third-order valence-electron chi connectivity index (χ3n) is 13.5. The van der Waals surface area contributed by atoms with Crippen LogP contribution in [0.1, 0.15) is 131 Å². The molecule has 1 spiro atoms. The van der Waals surface area contributed by atoms with Crippen molar-refractivity contribution in [1.29, 1.82) is 0 Å². The largest absolute Gasteiger partial charge is 0.459 e. The number of hydrogen-bond acceptors (Lipinski definition) is 12. The summed E-state index contributed by atoms with van der Waals surface area (Å²) in [6.45, 7) is 11.2. The Morgan fingerprint density at radius 2 is 1.59 bits per heavy atom. The molecule has 17 atom stereocenters. The molecule has 0 aromatic carbocycles. The van der Waals surface area contributed by atoms with E-state index in [9.17, 15) is 40.5 Å². The molecule has 2 bridgehead atoms.